The highest BCUT2D eigenvalue weighted by Gasteiger charge is 2.34. The number of β-amino-alcohol motifs (C(OH)–C–C–N with tert-alkyl or cyclic N) is 1. The van der Waals surface area contributed by atoms with E-state index in [0.29, 0.717) is 19.6 Å². The molecule has 2 atom stereocenters. The van der Waals surface area contributed by atoms with Crippen molar-refractivity contribution in [3.8, 4) is 11.5 Å². The number of carbonyl (C=O) groups is 1. The number of hydrogen-bond acceptors (Lipinski definition) is 5. The molecular weight excluding hydrogens is 416 g/mol. The summed E-state index contributed by atoms with van der Waals surface area (Å²) in [5.74, 6) is 2.37. The van der Waals surface area contributed by atoms with E-state index in [1.165, 1.54) is 18.4 Å². The second kappa shape index (κ2) is 9.74. The van der Waals surface area contributed by atoms with E-state index >= 15 is 0 Å². The molecule has 3 aliphatic rings. The van der Waals surface area contributed by atoms with Crippen molar-refractivity contribution in [3.63, 3.8) is 0 Å². The number of nitrogens with zero attached hydrogens (tertiary/aromatic N) is 2. The maximum absolute atomic E-state index is 13.1. The fourth-order valence-electron chi connectivity index (χ4n) is 4.87. The Morgan fingerprint density at radius 2 is 1.85 bits per heavy atom. The number of benzene rings is 2. The fraction of sp³-hybridized carbons (Fsp3) is 0.519. The molecule has 3 fully saturated rings. The number of aryl methyl sites for hydroxylation is 1. The molecule has 176 valence electrons. The lowest BCUT2D eigenvalue weighted by atomic mass is 10.1. The number of rotatable bonds is 9. The highest BCUT2D eigenvalue weighted by Crippen LogP contribution is 2.40. The Kier molecular flexibility index (Phi) is 6.56. The van der Waals surface area contributed by atoms with Gasteiger partial charge in [0.25, 0.3) is 5.91 Å². The molecule has 1 amide bonds. The number of carbonyl (C=O) groups excluding carboxylic acids is 1. The van der Waals surface area contributed by atoms with Crippen molar-refractivity contribution in [1.82, 2.24) is 4.90 Å². The van der Waals surface area contributed by atoms with E-state index in [0.717, 1.165) is 61.1 Å². The molecule has 1 N–H and O–H groups in total. The molecule has 1 saturated carbocycles. The third kappa shape index (κ3) is 5.17. The first-order valence-electron chi connectivity index (χ1n) is 12.3. The number of amides is 1. The first-order valence-corrected chi connectivity index (χ1v) is 12.3. The summed E-state index contributed by atoms with van der Waals surface area (Å²) in [6.07, 6.45) is 4.28. The van der Waals surface area contributed by atoms with Crippen molar-refractivity contribution in [2.24, 2.45) is 0 Å². The summed E-state index contributed by atoms with van der Waals surface area (Å²) in [4.78, 5) is 17.1. The van der Waals surface area contributed by atoms with E-state index in [4.69, 9.17) is 9.47 Å². The zero-order valence-corrected chi connectivity index (χ0v) is 19.4. The predicted molar refractivity (Wildman–Crippen MR) is 128 cm³/mol. The van der Waals surface area contributed by atoms with Crippen LogP contribution >= 0.6 is 0 Å². The van der Waals surface area contributed by atoms with Crippen molar-refractivity contribution in [1.29, 1.82) is 0 Å². The quantitative estimate of drug-likeness (QED) is 0.630. The lowest BCUT2D eigenvalue weighted by Crippen LogP contribution is -2.32. The van der Waals surface area contributed by atoms with Gasteiger partial charge in [0.1, 0.15) is 18.1 Å². The average Bonchev–Trinajstić information content (AvgIpc) is 3.51. The summed E-state index contributed by atoms with van der Waals surface area (Å²) in [7, 11) is 0. The van der Waals surface area contributed by atoms with Gasteiger partial charge in [-0.25, -0.2) is 0 Å². The second-order valence-corrected chi connectivity index (χ2v) is 9.47. The molecule has 0 bridgehead atoms. The van der Waals surface area contributed by atoms with E-state index in [1.807, 2.05) is 29.2 Å². The number of hydrogen-bond donors (Lipinski definition) is 1. The Morgan fingerprint density at radius 3 is 2.55 bits per heavy atom. The molecule has 33 heavy (non-hydrogen) atoms. The van der Waals surface area contributed by atoms with Gasteiger partial charge in [-0.1, -0.05) is 19.1 Å². The van der Waals surface area contributed by atoms with E-state index in [9.17, 15) is 9.90 Å². The van der Waals surface area contributed by atoms with E-state index in [1.54, 1.807) is 0 Å². The highest BCUT2D eigenvalue weighted by atomic mass is 16.5. The van der Waals surface area contributed by atoms with Gasteiger partial charge in [-0.05, 0) is 73.1 Å². The van der Waals surface area contributed by atoms with Crippen molar-refractivity contribution in [2.75, 3.05) is 37.7 Å². The number of anilines is 1. The highest BCUT2D eigenvalue weighted by molar-refractivity contribution is 5.99. The molecular formula is C27H34N2O4. The standard InChI is InChI=1S/C27H34N2O4/c1-2-19-17-22(7-10-25(19)32-16-15-28-13-11-23(30)18-28)29-14-12-26(27(29)31)33-24-8-5-21(6-9-24)20-3-4-20/h5-10,17,20,23,26,30H,2-4,11-16,18H2,1H3/t23-,26+/m1/s1. The summed E-state index contributed by atoms with van der Waals surface area (Å²) >= 11 is 0. The molecule has 2 aromatic carbocycles. The molecule has 5 rings (SSSR count). The largest absolute Gasteiger partial charge is 0.492 e. The molecule has 0 radical (unpaired) electrons. The van der Waals surface area contributed by atoms with E-state index in [-0.39, 0.29) is 12.0 Å². The molecule has 2 aromatic rings. The van der Waals surface area contributed by atoms with Crippen molar-refractivity contribution in [2.45, 2.75) is 57.2 Å². The van der Waals surface area contributed by atoms with Crippen LogP contribution in [0.3, 0.4) is 0 Å². The van der Waals surface area contributed by atoms with Gasteiger partial charge in [0.2, 0.25) is 0 Å². The van der Waals surface area contributed by atoms with Crippen molar-refractivity contribution >= 4 is 11.6 Å². The van der Waals surface area contributed by atoms with Gasteiger partial charge < -0.3 is 19.5 Å². The molecule has 6 heteroatoms. The fourth-order valence-corrected chi connectivity index (χ4v) is 4.87. The molecule has 1 aliphatic carbocycles. The van der Waals surface area contributed by atoms with Crippen molar-refractivity contribution in [3.05, 3.63) is 53.6 Å². The Hall–Kier alpha value is -2.57. The van der Waals surface area contributed by atoms with Gasteiger partial charge in [-0.3, -0.25) is 9.69 Å². The van der Waals surface area contributed by atoms with Crippen LogP contribution in [0.15, 0.2) is 42.5 Å². The summed E-state index contributed by atoms with van der Waals surface area (Å²) in [5, 5.41) is 9.66. The molecule has 6 nitrogen and oxygen atoms in total. The average molecular weight is 451 g/mol. The van der Waals surface area contributed by atoms with Crippen LogP contribution in [0.5, 0.6) is 11.5 Å². The molecule has 2 heterocycles. The Bertz CT molecular complexity index is 973. The van der Waals surface area contributed by atoms with Crippen LogP contribution in [0.2, 0.25) is 0 Å². The number of aliphatic hydroxyl groups excluding tert-OH is 1. The topological polar surface area (TPSA) is 62.2 Å². The normalized spacial score (nSPS) is 23.3. The van der Waals surface area contributed by atoms with Crippen LogP contribution in [0, 0.1) is 0 Å². The van der Waals surface area contributed by atoms with Crippen molar-refractivity contribution < 1.29 is 19.4 Å². The van der Waals surface area contributed by atoms with Gasteiger partial charge >= 0.3 is 0 Å². The molecule has 0 aromatic heterocycles. The van der Waals surface area contributed by atoms with Gasteiger partial charge in [-0.15, -0.1) is 0 Å². The Labute approximate surface area is 196 Å². The third-order valence-electron chi connectivity index (χ3n) is 7.01. The second-order valence-electron chi connectivity index (χ2n) is 9.47. The third-order valence-corrected chi connectivity index (χ3v) is 7.01. The minimum absolute atomic E-state index is 0.0181. The first-order chi connectivity index (χ1) is 16.1. The summed E-state index contributed by atoms with van der Waals surface area (Å²) in [6, 6.07) is 14.3. The summed E-state index contributed by atoms with van der Waals surface area (Å²) in [5.41, 5.74) is 3.37. The zero-order valence-electron chi connectivity index (χ0n) is 19.4. The van der Waals surface area contributed by atoms with Crippen LogP contribution in [-0.4, -0.2) is 60.9 Å². The minimum Gasteiger partial charge on any atom is -0.492 e. The number of aliphatic hydroxyl groups is 1. The minimum atomic E-state index is -0.436. The maximum Gasteiger partial charge on any atom is 0.268 e. The van der Waals surface area contributed by atoms with Gasteiger partial charge in [0.05, 0.1) is 6.10 Å². The zero-order chi connectivity index (χ0) is 22.8. The molecule has 2 aliphatic heterocycles. The first kappa shape index (κ1) is 22.2. The van der Waals surface area contributed by atoms with Gasteiger partial charge in [-0.2, -0.15) is 0 Å². The van der Waals surface area contributed by atoms with Crippen LogP contribution < -0.4 is 14.4 Å². The van der Waals surface area contributed by atoms with Gasteiger partial charge in [0.15, 0.2) is 6.10 Å². The van der Waals surface area contributed by atoms with Crippen LogP contribution in [0.25, 0.3) is 0 Å². The lowest BCUT2D eigenvalue weighted by molar-refractivity contribution is -0.122. The summed E-state index contributed by atoms with van der Waals surface area (Å²) < 4.78 is 12.1. The monoisotopic (exact) mass is 450 g/mol. The lowest BCUT2D eigenvalue weighted by Gasteiger charge is -2.20. The smallest absolute Gasteiger partial charge is 0.268 e. The van der Waals surface area contributed by atoms with E-state index in [2.05, 4.69) is 30.0 Å². The SMILES string of the molecule is CCc1cc(N2CC[C@H](Oc3ccc(C4CC4)cc3)C2=O)ccc1OCCN1CC[C@@H](O)C1. The van der Waals surface area contributed by atoms with Crippen LogP contribution in [-0.2, 0) is 11.2 Å². The predicted octanol–water partition coefficient (Wildman–Crippen LogP) is 3.76. The number of likely N-dealkylation sites (tertiary alicyclic amines) is 1. The maximum atomic E-state index is 13.1. The van der Waals surface area contributed by atoms with Gasteiger partial charge in [0, 0.05) is 38.3 Å². The molecule has 0 spiro atoms. The van der Waals surface area contributed by atoms with E-state index < -0.39 is 6.10 Å². The number of ether oxygens (including phenoxy) is 2. The van der Waals surface area contributed by atoms with Crippen LogP contribution in [0.4, 0.5) is 5.69 Å². The summed E-state index contributed by atoms with van der Waals surface area (Å²) in [6.45, 7) is 5.82. The molecule has 0 unspecified atom stereocenters. The Morgan fingerprint density at radius 1 is 1.03 bits per heavy atom. The Balaban J connectivity index is 1.18. The molecule has 2 saturated heterocycles. The van der Waals surface area contributed by atoms with Crippen LogP contribution in [0.1, 0.15) is 49.7 Å².